The topological polar surface area (TPSA) is 83.8 Å². The lowest BCUT2D eigenvalue weighted by molar-refractivity contribution is -0.117. The summed E-state index contributed by atoms with van der Waals surface area (Å²) in [5.74, 6) is -1.30. The highest BCUT2D eigenvalue weighted by Gasteiger charge is 2.23. The third-order valence-electron chi connectivity index (χ3n) is 4.06. The number of carbonyl (C=O) groups is 1. The number of carbonyl (C=O) groups excluding carboxylic acids is 1. The molecule has 1 atom stereocenters. The third kappa shape index (κ3) is 3.14. The molecule has 3 aromatic rings. The summed E-state index contributed by atoms with van der Waals surface area (Å²) in [7, 11) is 0. The fourth-order valence-corrected chi connectivity index (χ4v) is 2.80. The van der Waals surface area contributed by atoms with Crippen LogP contribution in [-0.2, 0) is 4.79 Å². The quantitative estimate of drug-likeness (QED) is 0.674. The Kier molecular flexibility index (Phi) is 4.57. The molecule has 4 N–H and O–H groups in total. The number of halogens is 1. The number of nitrogens with one attached hydrogen (secondary N) is 2. The number of nitrogens with two attached hydrogens (primary N) is 1. The normalized spacial score (nSPS) is 12.3. The standard InChI is InChI=1S/C18H19FN4O/c1-11-15-10-12(6-7-17(15)23-22-11)21-18(24)14(8-9-20)13-4-2-3-5-16(13)19/h2-7,10,14H,8-9,20H2,1H3,(H,21,24)(H,22,23). The monoisotopic (exact) mass is 326 g/mol. The van der Waals surface area contributed by atoms with E-state index < -0.39 is 11.7 Å². The second-order valence-corrected chi connectivity index (χ2v) is 5.72. The molecule has 0 aliphatic rings. The molecule has 0 radical (unpaired) electrons. The molecule has 0 saturated heterocycles. The van der Waals surface area contributed by atoms with Crippen LogP contribution >= 0.6 is 0 Å². The molecule has 1 heterocycles. The summed E-state index contributed by atoms with van der Waals surface area (Å²) in [4.78, 5) is 12.7. The van der Waals surface area contributed by atoms with Crippen LogP contribution in [-0.4, -0.2) is 22.6 Å². The van der Waals surface area contributed by atoms with Gasteiger partial charge in [-0.25, -0.2) is 4.39 Å². The fraction of sp³-hybridized carbons (Fsp3) is 0.222. The van der Waals surface area contributed by atoms with Crippen LogP contribution < -0.4 is 11.1 Å². The summed E-state index contributed by atoms with van der Waals surface area (Å²) in [5, 5.41) is 10.9. The Bertz CT molecular complexity index is 874. The van der Waals surface area contributed by atoms with Gasteiger partial charge in [0, 0.05) is 22.3 Å². The highest BCUT2D eigenvalue weighted by atomic mass is 19.1. The molecule has 124 valence electrons. The number of aromatic nitrogens is 2. The lowest BCUT2D eigenvalue weighted by Gasteiger charge is -2.17. The Morgan fingerprint density at radius 1 is 1.33 bits per heavy atom. The number of nitrogens with zero attached hydrogens (tertiary/aromatic N) is 1. The summed E-state index contributed by atoms with van der Waals surface area (Å²) < 4.78 is 14.0. The summed E-state index contributed by atoms with van der Waals surface area (Å²) in [6.45, 7) is 2.21. The predicted octanol–water partition coefficient (Wildman–Crippen LogP) is 3.08. The van der Waals surface area contributed by atoms with Crippen LogP contribution in [0.3, 0.4) is 0 Å². The van der Waals surface area contributed by atoms with Crippen molar-refractivity contribution in [1.29, 1.82) is 0 Å². The van der Waals surface area contributed by atoms with E-state index in [1.165, 1.54) is 6.07 Å². The number of fused-ring (bicyclic) bond motifs is 1. The lowest BCUT2D eigenvalue weighted by atomic mass is 9.94. The first-order valence-electron chi connectivity index (χ1n) is 7.80. The molecular formula is C18H19FN4O. The van der Waals surface area contributed by atoms with Crippen molar-refractivity contribution in [3.8, 4) is 0 Å². The molecule has 24 heavy (non-hydrogen) atoms. The number of hydrogen-bond donors (Lipinski definition) is 3. The molecule has 0 aliphatic carbocycles. The van der Waals surface area contributed by atoms with Gasteiger partial charge < -0.3 is 11.1 Å². The molecule has 0 fully saturated rings. The molecule has 1 aromatic heterocycles. The predicted molar refractivity (Wildman–Crippen MR) is 92.3 cm³/mol. The zero-order valence-electron chi connectivity index (χ0n) is 13.3. The Hall–Kier alpha value is -2.73. The van der Waals surface area contributed by atoms with E-state index in [2.05, 4.69) is 15.5 Å². The number of rotatable bonds is 5. The van der Waals surface area contributed by atoms with Gasteiger partial charge in [-0.3, -0.25) is 9.89 Å². The van der Waals surface area contributed by atoms with Gasteiger partial charge in [0.1, 0.15) is 5.82 Å². The van der Waals surface area contributed by atoms with Crippen molar-refractivity contribution in [3.63, 3.8) is 0 Å². The maximum atomic E-state index is 14.0. The number of anilines is 1. The zero-order chi connectivity index (χ0) is 17.1. The van der Waals surface area contributed by atoms with Crippen LogP contribution in [0.4, 0.5) is 10.1 Å². The minimum atomic E-state index is -0.627. The van der Waals surface area contributed by atoms with Crippen molar-refractivity contribution >= 4 is 22.5 Å². The van der Waals surface area contributed by atoms with Gasteiger partial charge >= 0.3 is 0 Å². The van der Waals surface area contributed by atoms with Gasteiger partial charge in [0.05, 0.1) is 11.4 Å². The summed E-state index contributed by atoms with van der Waals surface area (Å²) in [5.41, 5.74) is 8.38. The molecule has 2 aromatic carbocycles. The van der Waals surface area contributed by atoms with Crippen molar-refractivity contribution < 1.29 is 9.18 Å². The van der Waals surface area contributed by atoms with Crippen molar-refractivity contribution in [2.75, 3.05) is 11.9 Å². The smallest absolute Gasteiger partial charge is 0.232 e. The molecule has 0 saturated carbocycles. The first-order valence-corrected chi connectivity index (χ1v) is 7.80. The Morgan fingerprint density at radius 3 is 2.88 bits per heavy atom. The average Bonchev–Trinajstić information content (AvgIpc) is 2.94. The maximum absolute atomic E-state index is 14.0. The number of amides is 1. The summed E-state index contributed by atoms with van der Waals surface area (Å²) in [6, 6.07) is 11.8. The number of aromatic amines is 1. The van der Waals surface area contributed by atoms with Crippen molar-refractivity contribution in [2.24, 2.45) is 5.73 Å². The highest BCUT2D eigenvalue weighted by Crippen LogP contribution is 2.25. The van der Waals surface area contributed by atoms with Gasteiger partial charge in [-0.15, -0.1) is 0 Å². The summed E-state index contributed by atoms with van der Waals surface area (Å²) in [6.07, 6.45) is 0.375. The van der Waals surface area contributed by atoms with E-state index in [9.17, 15) is 9.18 Å². The van der Waals surface area contributed by atoms with Crippen LogP contribution in [0.5, 0.6) is 0 Å². The van der Waals surface area contributed by atoms with Crippen LogP contribution in [0.15, 0.2) is 42.5 Å². The van der Waals surface area contributed by atoms with Crippen LogP contribution in [0.2, 0.25) is 0 Å². The van der Waals surface area contributed by atoms with E-state index in [4.69, 9.17) is 5.73 Å². The number of aryl methyl sites for hydroxylation is 1. The van der Waals surface area contributed by atoms with Crippen molar-refractivity contribution in [2.45, 2.75) is 19.3 Å². The van der Waals surface area contributed by atoms with Gasteiger partial charge in [0.15, 0.2) is 0 Å². The van der Waals surface area contributed by atoms with Crippen molar-refractivity contribution in [1.82, 2.24) is 10.2 Å². The van der Waals surface area contributed by atoms with E-state index in [0.717, 1.165) is 16.6 Å². The first-order chi connectivity index (χ1) is 11.6. The van der Waals surface area contributed by atoms with Gasteiger partial charge in [-0.2, -0.15) is 5.10 Å². The highest BCUT2D eigenvalue weighted by molar-refractivity contribution is 5.98. The molecule has 1 unspecified atom stereocenters. The van der Waals surface area contributed by atoms with E-state index in [1.54, 1.807) is 24.3 Å². The van der Waals surface area contributed by atoms with Crippen molar-refractivity contribution in [3.05, 3.63) is 59.5 Å². The number of benzene rings is 2. The number of H-pyrrole nitrogens is 1. The molecule has 5 nitrogen and oxygen atoms in total. The fourth-order valence-electron chi connectivity index (χ4n) is 2.80. The van der Waals surface area contributed by atoms with Gasteiger partial charge in [0.2, 0.25) is 5.91 Å². The van der Waals surface area contributed by atoms with Crippen LogP contribution in [0, 0.1) is 12.7 Å². The zero-order valence-corrected chi connectivity index (χ0v) is 13.3. The molecule has 6 heteroatoms. The first kappa shape index (κ1) is 16.1. The largest absolute Gasteiger partial charge is 0.330 e. The van der Waals surface area contributed by atoms with E-state index in [1.807, 2.05) is 19.1 Å². The van der Waals surface area contributed by atoms with Gasteiger partial charge in [-0.05, 0) is 44.2 Å². The van der Waals surface area contributed by atoms with Gasteiger partial charge in [0.25, 0.3) is 0 Å². The van der Waals surface area contributed by atoms with Gasteiger partial charge in [-0.1, -0.05) is 18.2 Å². The minimum Gasteiger partial charge on any atom is -0.330 e. The molecule has 3 rings (SSSR count). The third-order valence-corrected chi connectivity index (χ3v) is 4.06. The molecule has 0 bridgehead atoms. The molecule has 0 aliphatic heterocycles. The maximum Gasteiger partial charge on any atom is 0.232 e. The molecule has 0 spiro atoms. The molecule has 1 amide bonds. The van der Waals surface area contributed by atoms with E-state index >= 15 is 0 Å². The van der Waals surface area contributed by atoms with Crippen LogP contribution in [0.1, 0.15) is 23.6 Å². The Morgan fingerprint density at radius 2 is 2.12 bits per heavy atom. The second kappa shape index (κ2) is 6.80. The molecular weight excluding hydrogens is 307 g/mol. The second-order valence-electron chi connectivity index (χ2n) is 5.72. The SMILES string of the molecule is Cc1[nH]nc2ccc(NC(=O)C(CCN)c3ccccc3F)cc12. The minimum absolute atomic E-state index is 0.272. The van der Waals surface area contributed by atoms with E-state index in [0.29, 0.717) is 24.2 Å². The lowest BCUT2D eigenvalue weighted by Crippen LogP contribution is -2.24. The van der Waals surface area contributed by atoms with Crippen LogP contribution in [0.25, 0.3) is 10.9 Å². The average molecular weight is 326 g/mol. The number of hydrogen-bond acceptors (Lipinski definition) is 3. The Balaban J connectivity index is 1.87. The van der Waals surface area contributed by atoms with E-state index in [-0.39, 0.29) is 5.91 Å². The summed E-state index contributed by atoms with van der Waals surface area (Å²) >= 11 is 0. The Labute approximate surface area is 139 Å².